The van der Waals surface area contributed by atoms with Gasteiger partial charge in [-0.25, -0.2) is 0 Å². The predicted molar refractivity (Wildman–Crippen MR) is 38.1 cm³/mol. The first kappa shape index (κ1) is 7.22. The zero-order chi connectivity index (χ0) is 7.56. The van der Waals surface area contributed by atoms with E-state index in [1.807, 2.05) is 0 Å². The lowest BCUT2D eigenvalue weighted by Gasteiger charge is -1.99. The molecule has 0 atom stereocenters. The number of halogens is 1. The van der Waals surface area contributed by atoms with Crippen LogP contribution in [0.15, 0.2) is 18.2 Å². The Kier molecular flexibility index (Phi) is 2.02. The van der Waals surface area contributed by atoms with Gasteiger partial charge >= 0.3 is 0 Å². The first-order valence-corrected chi connectivity index (χ1v) is 3.12. The summed E-state index contributed by atoms with van der Waals surface area (Å²) in [5.41, 5.74) is 0. The molecule has 1 aromatic rings. The van der Waals surface area contributed by atoms with Crippen LogP contribution in [-0.4, -0.2) is 7.11 Å². The highest BCUT2D eigenvalue weighted by Gasteiger charge is 2.01. The fourth-order valence-corrected chi connectivity index (χ4v) is 0.804. The van der Waals surface area contributed by atoms with Crippen molar-refractivity contribution in [3.8, 4) is 11.5 Å². The molecule has 3 heteroatoms. The van der Waals surface area contributed by atoms with Crippen LogP contribution in [0.25, 0.3) is 0 Å². The first-order chi connectivity index (χ1) is 4.74. The second-order valence-electron chi connectivity index (χ2n) is 1.80. The number of benzene rings is 1. The smallest absolute Gasteiger partial charge is 0.220 e. The van der Waals surface area contributed by atoms with E-state index in [9.17, 15) is 5.11 Å². The fraction of sp³-hybridized carbons (Fsp3) is 0.143. The average molecular weight is 158 g/mol. The van der Waals surface area contributed by atoms with Gasteiger partial charge in [0, 0.05) is 11.1 Å². The average Bonchev–Trinajstić information content (AvgIpc) is 1.94. The SMILES string of the molecule is COc1cc(Cl)ccc1[O]. The van der Waals surface area contributed by atoms with E-state index < -0.39 is 0 Å². The molecular formula is C7H6ClO2. The summed E-state index contributed by atoms with van der Waals surface area (Å²) in [7, 11) is 1.44. The van der Waals surface area contributed by atoms with E-state index in [0.29, 0.717) is 5.02 Å². The first-order valence-electron chi connectivity index (χ1n) is 2.74. The molecule has 1 radical (unpaired) electrons. The molecule has 0 aliphatic heterocycles. The van der Waals surface area contributed by atoms with Crippen molar-refractivity contribution in [2.45, 2.75) is 0 Å². The number of rotatable bonds is 1. The molecule has 0 bridgehead atoms. The third-order valence-corrected chi connectivity index (χ3v) is 1.36. The zero-order valence-electron chi connectivity index (χ0n) is 5.43. The Morgan fingerprint density at radius 2 is 2.20 bits per heavy atom. The Hall–Kier alpha value is -0.890. The van der Waals surface area contributed by atoms with E-state index in [1.165, 1.54) is 25.3 Å². The number of hydrogen-bond donors (Lipinski definition) is 0. The van der Waals surface area contributed by atoms with Crippen LogP contribution in [-0.2, 0) is 5.11 Å². The minimum absolute atomic E-state index is 0.146. The summed E-state index contributed by atoms with van der Waals surface area (Å²) in [6.07, 6.45) is 0. The Bertz CT molecular complexity index is 235. The highest BCUT2D eigenvalue weighted by Crippen LogP contribution is 2.28. The summed E-state index contributed by atoms with van der Waals surface area (Å²) >= 11 is 5.58. The van der Waals surface area contributed by atoms with Gasteiger partial charge in [0.05, 0.1) is 7.11 Å². The number of methoxy groups -OCH3 is 1. The largest absolute Gasteiger partial charge is 0.493 e. The minimum atomic E-state index is -0.146. The second-order valence-corrected chi connectivity index (χ2v) is 2.23. The molecule has 0 fully saturated rings. The van der Waals surface area contributed by atoms with Crippen LogP contribution in [0.4, 0.5) is 0 Å². The normalized spacial score (nSPS) is 9.40. The predicted octanol–water partition coefficient (Wildman–Crippen LogP) is 2.49. The van der Waals surface area contributed by atoms with E-state index in [4.69, 9.17) is 16.3 Å². The molecule has 2 nitrogen and oxygen atoms in total. The standard InChI is InChI=1S/C7H6ClO2/c1-10-7-4-5(8)2-3-6(7)9/h2-4H,1H3. The van der Waals surface area contributed by atoms with Gasteiger partial charge in [0.15, 0.2) is 5.75 Å². The molecule has 0 aliphatic carbocycles. The van der Waals surface area contributed by atoms with E-state index in [2.05, 4.69) is 0 Å². The van der Waals surface area contributed by atoms with Gasteiger partial charge in [0.2, 0.25) is 5.75 Å². The molecular weight excluding hydrogens is 152 g/mol. The summed E-state index contributed by atoms with van der Waals surface area (Å²) in [5.74, 6) is 0.138. The van der Waals surface area contributed by atoms with Crippen LogP contribution in [0.2, 0.25) is 5.02 Å². The van der Waals surface area contributed by atoms with Crippen molar-refractivity contribution >= 4 is 11.6 Å². The van der Waals surface area contributed by atoms with Gasteiger partial charge in [-0.2, -0.15) is 0 Å². The van der Waals surface area contributed by atoms with Crippen molar-refractivity contribution in [2.75, 3.05) is 7.11 Å². The van der Waals surface area contributed by atoms with Gasteiger partial charge in [-0.1, -0.05) is 11.6 Å². The third kappa shape index (κ3) is 1.33. The highest BCUT2D eigenvalue weighted by molar-refractivity contribution is 6.30. The fourth-order valence-electron chi connectivity index (χ4n) is 0.641. The summed E-state index contributed by atoms with van der Waals surface area (Å²) < 4.78 is 4.73. The molecule has 0 heterocycles. The molecule has 0 amide bonds. The summed E-state index contributed by atoms with van der Waals surface area (Å²) in [6, 6.07) is 4.40. The van der Waals surface area contributed by atoms with Crippen LogP contribution < -0.4 is 4.74 Å². The lowest BCUT2D eigenvalue weighted by Crippen LogP contribution is -1.81. The van der Waals surface area contributed by atoms with E-state index in [0.717, 1.165) is 0 Å². The quantitative estimate of drug-likeness (QED) is 0.616. The van der Waals surface area contributed by atoms with Crippen molar-refractivity contribution in [2.24, 2.45) is 0 Å². The third-order valence-electron chi connectivity index (χ3n) is 1.13. The Labute approximate surface area is 64.0 Å². The van der Waals surface area contributed by atoms with Crippen LogP contribution in [0.1, 0.15) is 0 Å². The van der Waals surface area contributed by atoms with Crippen molar-refractivity contribution in [3.63, 3.8) is 0 Å². The molecule has 0 N–H and O–H groups in total. The van der Waals surface area contributed by atoms with Gasteiger partial charge in [0.1, 0.15) is 0 Å². The minimum Gasteiger partial charge on any atom is -0.493 e. The molecule has 0 saturated heterocycles. The van der Waals surface area contributed by atoms with Crippen molar-refractivity contribution in [3.05, 3.63) is 23.2 Å². The highest BCUT2D eigenvalue weighted by atomic mass is 35.5. The maximum atomic E-state index is 10.8. The van der Waals surface area contributed by atoms with E-state index in [-0.39, 0.29) is 11.5 Å². The summed E-state index contributed by atoms with van der Waals surface area (Å²) in [4.78, 5) is 0. The van der Waals surface area contributed by atoms with E-state index >= 15 is 0 Å². The van der Waals surface area contributed by atoms with Crippen LogP contribution >= 0.6 is 11.6 Å². The molecule has 0 aliphatic rings. The topological polar surface area (TPSA) is 29.1 Å². The molecule has 0 spiro atoms. The molecule has 1 rings (SSSR count). The Morgan fingerprint density at radius 3 is 2.70 bits per heavy atom. The summed E-state index contributed by atoms with van der Waals surface area (Å²) in [5, 5.41) is 11.3. The number of ether oxygens (including phenoxy) is 1. The van der Waals surface area contributed by atoms with Crippen LogP contribution in [0.5, 0.6) is 11.5 Å². The van der Waals surface area contributed by atoms with Crippen molar-refractivity contribution < 1.29 is 9.84 Å². The zero-order valence-corrected chi connectivity index (χ0v) is 6.18. The summed E-state index contributed by atoms with van der Waals surface area (Å²) in [6.45, 7) is 0. The molecule has 1 aromatic carbocycles. The molecule has 0 saturated carbocycles. The van der Waals surface area contributed by atoms with Crippen molar-refractivity contribution in [1.82, 2.24) is 0 Å². The van der Waals surface area contributed by atoms with Crippen molar-refractivity contribution in [1.29, 1.82) is 0 Å². The van der Waals surface area contributed by atoms with Gasteiger partial charge in [-0.15, -0.1) is 0 Å². The maximum Gasteiger partial charge on any atom is 0.220 e. The number of hydrogen-bond acceptors (Lipinski definition) is 1. The van der Waals surface area contributed by atoms with Crippen LogP contribution in [0.3, 0.4) is 0 Å². The van der Waals surface area contributed by atoms with Gasteiger partial charge < -0.3 is 4.74 Å². The molecule has 0 unspecified atom stereocenters. The maximum absolute atomic E-state index is 10.8. The van der Waals surface area contributed by atoms with Gasteiger partial charge in [-0.3, -0.25) is 5.11 Å². The molecule has 10 heavy (non-hydrogen) atoms. The second kappa shape index (κ2) is 2.80. The van der Waals surface area contributed by atoms with Gasteiger partial charge in [-0.05, 0) is 12.1 Å². The Balaban J connectivity index is 3.09. The lowest BCUT2D eigenvalue weighted by molar-refractivity contribution is 0.315. The molecule has 0 aromatic heterocycles. The molecule has 53 valence electrons. The van der Waals surface area contributed by atoms with Crippen LogP contribution in [0, 0.1) is 0 Å². The van der Waals surface area contributed by atoms with E-state index in [1.54, 1.807) is 0 Å². The lowest BCUT2D eigenvalue weighted by atomic mass is 10.3. The Morgan fingerprint density at radius 1 is 1.50 bits per heavy atom. The monoisotopic (exact) mass is 157 g/mol. The van der Waals surface area contributed by atoms with Gasteiger partial charge in [0.25, 0.3) is 0 Å².